The molecule has 8 nitrogen and oxygen atoms in total. The summed E-state index contributed by atoms with van der Waals surface area (Å²) in [7, 11) is 0. The first-order chi connectivity index (χ1) is 10.1. The molecule has 0 fully saturated rings. The van der Waals surface area contributed by atoms with Gasteiger partial charge in [0.1, 0.15) is 0 Å². The van der Waals surface area contributed by atoms with Crippen molar-refractivity contribution in [3.05, 3.63) is 29.5 Å². The van der Waals surface area contributed by atoms with Crippen LogP contribution in [0.15, 0.2) is 22.8 Å². The number of hydrogen-bond acceptors (Lipinski definition) is 6. The van der Waals surface area contributed by atoms with Crippen molar-refractivity contribution in [2.75, 3.05) is 22.5 Å². The Morgan fingerprint density at radius 2 is 2.19 bits per heavy atom. The second-order valence-electron chi connectivity index (χ2n) is 4.72. The molecule has 0 atom stereocenters. The number of hydrogen-bond donors (Lipinski definition) is 2. The summed E-state index contributed by atoms with van der Waals surface area (Å²) in [5, 5.41) is 9.47. The van der Waals surface area contributed by atoms with Crippen molar-refractivity contribution in [3.8, 4) is 0 Å². The number of nitrogens with two attached hydrogens (primary N) is 1. The van der Waals surface area contributed by atoms with Crippen LogP contribution in [0.3, 0.4) is 0 Å². The number of carbonyl (C=O) groups is 2. The Balaban J connectivity index is 1.81. The van der Waals surface area contributed by atoms with E-state index in [4.69, 9.17) is 5.73 Å². The molecule has 2 heterocycles. The van der Waals surface area contributed by atoms with Crippen LogP contribution in [-0.4, -0.2) is 28.7 Å². The maximum absolute atomic E-state index is 12.0. The van der Waals surface area contributed by atoms with Crippen molar-refractivity contribution in [2.24, 2.45) is 0 Å². The second-order valence-corrected chi connectivity index (χ2v) is 4.72. The summed E-state index contributed by atoms with van der Waals surface area (Å²) in [6, 6.07) is 5.37. The highest BCUT2D eigenvalue weighted by Gasteiger charge is 2.23. The van der Waals surface area contributed by atoms with Gasteiger partial charge < -0.3 is 16.0 Å². The van der Waals surface area contributed by atoms with Gasteiger partial charge in [-0.05, 0) is 40.5 Å². The largest absolute Gasteiger partial charge is 0.379 e. The van der Waals surface area contributed by atoms with Crippen molar-refractivity contribution in [2.45, 2.75) is 13.3 Å². The zero-order valence-corrected chi connectivity index (χ0v) is 11.3. The lowest BCUT2D eigenvalue weighted by Crippen LogP contribution is -2.25. The van der Waals surface area contributed by atoms with E-state index in [1.807, 2.05) is 12.1 Å². The molecule has 0 saturated carbocycles. The Morgan fingerprint density at radius 3 is 2.86 bits per heavy atom. The Kier molecular flexibility index (Phi) is 3.05. The van der Waals surface area contributed by atoms with Gasteiger partial charge in [-0.3, -0.25) is 9.59 Å². The van der Waals surface area contributed by atoms with Crippen LogP contribution in [0, 0.1) is 0 Å². The Morgan fingerprint density at radius 1 is 1.38 bits per heavy atom. The number of carbonyl (C=O) groups excluding carboxylic acids is 2. The predicted octanol–water partition coefficient (Wildman–Crippen LogP) is 0.813. The normalized spacial score (nSPS) is 13.1. The lowest BCUT2D eigenvalue weighted by molar-refractivity contribution is -0.116. The molecule has 2 amide bonds. The number of nitrogens with zero attached hydrogens (tertiary/aromatic N) is 3. The SMILES string of the molecule is CC(=O)N1CCc2cc(NC(=O)c3nonc3N)ccc21. The van der Waals surface area contributed by atoms with Gasteiger partial charge in [-0.25, -0.2) is 4.63 Å². The van der Waals surface area contributed by atoms with Crippen LogP contribution in [0.4, 0.5) is 17.2 Å². The second kappa shape index (κ2) is 4.89. The molecule has 1 aromatic heterocycles. The van der Waals surface area contributed by atoms with E-state index in [2.05, 4.69) is 20.3 Å². The van der Waals surface area contributed by atoms with Gasteiger partial charge in [0.05, 0.1) is 0 Å². The summed E-state index contributed by atoms with van der Waals surface area (Å²) >= 11 is 0. The highest BCUT2D eigenvalue weighted by atomic mass is 16.6. The average Bonchev–Trinajstić information content (AvgIpc) is 3.04. The molecular formula is C13H13N5O3. The summed E-state index contributed by atoms with van der Waals surface area (Å²) < 4.78 is 4.39. The molecule has 3 rings (SSSR count). The predicted molar refractivity (Wildman–Crippen MR) is 74.8 cm³/mol. The van der Waals surface area contributed by atoms with Gasteiger partial charge in [-0.2, -0.15) is 0 Å². The van der Waals surface area contributed by atoms with E-state index < -0.39 is 5.91 Å². The molecule has 3 N–H and O–H groups in total. The van der Waals surface area contributed by atoms with E-state index in [1.165, 1.54) is 6.92 Å². The molecule has 108 valence electrons. The van der Waals surface area contributed by atoms with E-state index in [-0.39, 0.29) is 17.4 Å². The van der Waals surface area contributed by atoms with Gasteiger partial charge >= 0.3 is 0 Å². The lowest BCUT2D eigenvalue weighted by atomic mass is 10.1. The van der Waals surface area contributed by atoms with E-state index in [1.54, 1.807) is 11.0 Å². The minimum atomic E-state index is -0.491. The molecular weight excluding hydrogens is 274 g/mol. The third-order valence-electron chi connectivity index (χ3n) is 3.34. The van der Waals surface area contributed by atoms with Gasteiger partial charge in [0.2, 0.25) is 17.4 Å². The van der Waals surface area contributed by atoms with Crippen LogP contribution in [0.25, 0.3) is 0 Å². The number of benzene rings is 1. The summed E-state index contributed by atoms with van der Waals surface area (Å²) in [5.74, 6) is -0.543. The molecule has 8 heteroatoms. The van der Waals surface area contributed by atoms with Gasteiger partial charge in [0, 0.05) is 24.8 Å². The molecule has 1 aliphatic rings. The fourth-order valence-electron chi connectivity index (χ4n) is 2.35. The topological polar surface area (TPSA) is 114 Å². The van der Waals surface area contributed by atoms with Crippen LogP contribution in [0.2, 0.25) is 0 Å². The van der Waals surface area contributed by atoms with E-state index >= 15 is 0 Å². The molecule has 0 bridgehead atoms. The standard InChI is InChI=1S/C13H13N5O3/c1-7(19)18-5-4-8-6-9(2-3-10(8)18)15-13(20)11-12(14)17-21-16-11/h2-3,6H,4-5H2,1H3,(H2,14,17)(H,15,20). The first-order valence-electron chi connectivity index (χ1n) is 6.36. The number of nitrogens with one attached hydrogen (secondary N) is 1. The van der Waals surface area contributed by atoms with Crippen molar-refractivity contribution in [3.63, 3.8) is 0 Å². The number of amides is 2. The Labute approximate surface area is 119 Å². The van der Waals surface area contributed by atoms with Crippen LogP contribution >= 0.6 is 0 Å². The van der Waals surface area contributed by atoms with E-state index in [0.29, 0.717) is 12.2 Å². The minimum absolute atomic E-state index is 0.00646. The summed E-state index contributed by atoms with van der Waals surface area (Å²) in [6.45, 7) is 2.19. The number of fused-ring (bicyclic) bond motifs is 1. The van der Waals surface area contributed by atoms with Crippen LogP contribution in [0.1, 0.15) is 23.0 Å². The van der Waals surface area contributed by atoms with Crippen molar-refractivity contribution in [1.82, 2.24) is 10.3 Å². The molecule has 0 spiro atoms. The van der Waals surface area contributed by atoms with E-state index in [9.17, 15) is 9.59 Å². The van der Waals surface area contributed by atoms with Gasteiger partial charge in [-0.1, -0.05) is 0 Å². The molecule has 0 saturated heterocycles. The minimum Gasteiger partial charge on any atom is -0.379 e. The highest BCUT2D eigenvalue weighted by molar-refractivity contribution is 6.05. The third-order valence-corrected chi connectivity index (χ3v) is 3.34. The number of nitrogen functional groups attached to an aromatic ring is 1. The molecule has 0 unspecified atom stereocenters. The van der Waals surface area contributed by atoms with Crippen LogP contribution < -0.4 is 16.0 Å². The summed E-state index contributed by atoms with van der Waals surface area (Å²) in [5.41, 5.74) is 7.90. The van der Waals surface area contributed by atoms with Crippen molar-refractivity contribution in [1.29, 1.82) is 0 Å². The van der Waals surface area contributed by atoms with Gasteiger partial charge in [0.15, 0.2) is 0 Å². The van der Waals surface area contributed by atoms with Crippen molar-refractivity contribution >= 4 is 29.0 Å². The molecule has 21 heavy (non-hydrogen) atoms. The summed E-state index contributed by atoms with van der Waals surface area (Å²) in [4.78, 5) is 25.1. The zero-order valence-electron chi connectivity index (χ0n) is 11.3. The molecule has 1 aromatic carbocycles. The van der Waals surface area contributed by atoms with Crippen LogP contribution in [0.5, 0.6) is 0 Å². The Hall–Kier alpha value is -2.90. The fraction of sp³-hybridized carbons (Fsp3) is 0.231. The molecule has 2 aromatic rings. The number of rotatable bonds is 2. The van der Waals surface area contributed by atoms with Crippen molar-refractivity contribution < 1.29 is 14.2 Å². The summed E-state index contributed by atoms with van der Waals surface area (Å²) in [6.07, 6.45) is 0.756. The average molecular weight is 287 g/mol. The molecule has 1 aliphatic heterocycles. The monoisotopic (exact) mass is 287 g/mol. The molecule has 0 aliphatic carbocycles. The number of anilines is 3. The van der Waals surface area contributed by atoms with Gasteiger partial charge in [-0.15, -0.1) is 0 Å². The first-order valence-corrected chi connectivity index (χ1v) is 6.36. The number of aromatic nitrogens is 2. The fourth-order valence-corrected chi connectivity index (χ4v) is 2.35. The zero-order chi connectivity index (χ0) is 15.0. The maximum atomic E-state index is 12.0. The molecule has 0 radical (unpaired) electrons. The lowest BCUT2D eigenvalue weighted by Gasteiger charge is -2.14. The first kappa shape index (κ1) is 13.1. The third kappa shape index (κ3) is 2.31. The smallest absolute Gasteiger partial charge is 0.281 e. The maximum Gasteiger partial charge on any atom is 0.281 e. The van der Waals surface area contributed by atoms with Crippen LogP contribution in [-0.2, 0) is 11.2 Å². The van der Waals surface area contributed by atoms with Gasteiger partial charge in [0.25, 0.3) is 5.91 Å². The Bertz CT molecular complexity index is 724. The van der Waals surface area contributed by atoms with E-state index in [0.717, 1.165) is 17.7 Å². The highest BCUT2D eigenvalue weighted by Crippen LogP contribution is 2.30. The quantitative estimate of drug-likeness (QED) is 0.844.